The normalized spacial score (nSPS) is 11.6. The van der Waals surface area contributed by atoms with E-state index in [1.54, 1.807) is 38.1 Å². The van der Waals surface area contributed by atoms with E-state index >= 15 is 0 Å². The number of nitriles is 1. The van der Waals surface area contributed by atoms with Crippen LogP contribution in [-0.2, 0) is 16.6 Å². The quantitative estimate of drug-likeness (QED) is 0.862. The molecule has 0 fully saturated rings. The fourth-order valence-corrected chi connectivity index (χ4v) is 3.52. The largest absolute Gasteiger partial charge is 0.360 e. The maximum Gasteiger partial charge on any atom is 0.248 e. The Morgan fingerprint density at radius 1 is 1.33 bits per heavy atom. The third kappa shape index (κ3) is 2.82. The molecule has 110 valence electrons. The Hall–Kier alpha value is -2.17. The van der Waals surface area contributed by atoms with Gasteiger partial charge < -0.3 is 4.52 Å². The topological polar surface area (TPSA) is 87.2 Å². The molecule has 0 spiro atoms. The van der Waals surface area contributed by atoms with Crippen LogP contribution in [0.3, 0.4) is 0 Å². The summed E-state index contributed by atoms with van der Waals surface area (Å²) in [6, 6.07) is 8.96. The zero-order valence-corrected chi connectivity index (χ0v) is 12.8. The van der Waals surface area contributed by atoms with Crippen molar-refractivity contribution in [3.05, 3.63) is 46.8 Å². The predicted molar refractivity (Wildman–Crippen MR) is 75.8 cm³/mol. The molecule has 1 aromatic heterocycles. The Kier molecular flexibility index (Phi) is 4.11. The molecule has 6 nitrogen and oxygen atoms in total. The smallest absolute Gasteiger partial charge is 0.248 e. The molecule has 0 atom stereocenters. The van der Waals surface area contributed by atoms with Crippen molar-refractivity contribution < 1.29 is 12.9 Å². The molecule has 0 aliphatic heterocycles. The van der Waals surface area contributed by atoms with E-state index in [0.29, 0.717) is 16.8 Å². The molecule has 21 heavy (non-hydrogen) atoms. The van der Waals surface area contributed by atoms with Gasteiger partial charge in [0.25, 0.3) is 0 Å². The van der Waals surface area contributed by atoms with Crippen molar-refractivity contribution in [2.24, 2.45) is 0 Å². The lowest BCUT2D eigenvalue weighted by atomic mass is 10.1. The lowest BCUT2D eigenvalue weighted by Crippen LogP contribution is -2.27. The summed E-state index contributed by atoms with van der Waals surface area (Å²) in [5, 5.41) is 12.7. The number of aromatic nitrogens is 1. The van der Waals surface area contributed by atoms with Gasteiger partial charge in [0.15, 0.2) is 5.76 Å². The van der Waals surface area contributed by atoms with Gasteiger partial charge in [-0.15, -0.1) is 0 Å². The van der Waals surface area contributed by atoms with E-state index in [9.17, 15) is 8.42 Å². The highest BCUT2D eigenvalue weighted by atomic mass is 32.2. The van der Waals surface area contributed by atoms with E-state index in [1.807, 2.05) is 0 Å². The van der Waals surface area contributed by atoms with Crippen LogP contribution in [0.2, 0.25) is 0 Å². The predicted octanol–water partition coefficient (Wildman–Crippen LogP) is 1.98. The molecule has 0 unspecified atom stereocenters. The minimum atomic E-state index is -3.71. The van der Waals surface area contributed by atoms with Crippen LogP contribution in [-0.4, -0.2) is 24.9 Å². The van der Waals surface area contributed by atoms with E-state index in [4.69, 9.17) is 9.78 Å². The summed E-state index contributed by atoms with van der Waals surface area (Å²) in [5.41, 5.74) is 1.43. The first-order valence-electron chi connectivity index (χ1n) is 6.25. The van der Waals surface area contributed by atoms with Gasteiger partial charge in [-0.05, 0) is 25.5 Å². The highest BCUT2D eigenvalue weighted by Crippen LogP contribution is 2.24. The van der Waals surface area contributed by atoms with Crippen LogP contribution in [0.25, 0.3) is 0 Å². The van der Waals surface area contributed by atoms with Gasteiger partial charge in [0.2, 0.25) is 10.0 Å². The Labute approximate surface area is 123 Å². The average Bonchev–Trinajstić information content (AvgIpc) is 2.79. The molecule has 7 heteroatoms. The fraction of sp³-hybridized carbons (Fsp3) is 0.286. The van der Waals surface area contributed by atoms with Gasteiger partial charge in [-0.1, -0.05) is 23.4 Å². The molecule has 0 saturated heterocycles. The average molecular weight is 305 g/mol. The Morgan fingerprint density at radius 2 is 2.00 bits per heavy atom. The second kappa shape index (κ2) is 5.68. The van der Waals surface area contributed by atoms with E-state index in [2.05, 4.69) is 11.2 Å². The van der Waals surface area contributed by atoms with Crippen LogP contribution in [0, 0.1) is 25.2 Å². The summed E-state index contributed by atoms with van der Waals surface area (Å²) in [6.07, 6.45) is 0. The molecule has 0 aliphatic carbocycles. The molecule has 2 rings (SSSR count). The van der Waals surface area contributed by atoms with Crippen molar-refractivity contribution in [2.75, 3.05) is 7.05 Å². The Balaban J connectivity index is 2.37. The first-order valence-corrected chi connectivity index (χ1v) is 7.69. The van der Waals surface area contributed by atoms with Gasteiger partial charge in [-0.25, -0.2) is 8.42 Å². The highest BCUT2D eigenvalue weighted by molar-refractivity contribution is 7.89. The number of hydrogen-bond donors (Lipinski definition) is 0. The second-order valence-electron chi connectivity index (χ2n) is 4.68. The minimum absolute atomic E-state index is 0.0828. The van der Waals surface area contributed by atoms with Gasteiger partial charge in [0.1, 0.15) is 10.6 Å². The number of nitrogens with zero attached hydrogens (tertiary/aromatic N) is 3. The van der Waals surface area contributed by atoms with Crippen LogP contribution >= 0.6 is 0 Å². The molecular weight excluding hydrogens is 290 g/mol. The van der Waals surface area contributed by atoms with Crippen LogP contribution in [0.4, 0.5) is 0 Å². The second-order valence-corrected chi connectivity index (χ2v) is 6.67. The first kappa shape index (κ1) is 15.2. The minimum Gasteiger partial charge on any atom is -0.360 e. The van der Waals surface area contributed by atoms with E-state index in [0.717, 1.165) is 0 Å². The third-order valence-corrected chi connectivity index (χ3v) is 5.22. The zero-order valence-electron chi connectivity index (χ0n) is 12.0. The summed E-state index contributed by atoms with van der Waals surface area (Å²) in [5.74, 6) is 0.257. The van der Waals surface area contributed by atoms with Crippen molar-refractivity contribution >= 4 is 10.0 Å². The van der Waals surface area contributed by atoms with Crippen LogP contribution in [0.15, 0.2) is 33.7 Å². The van der Waals surface area contributed by atoms with Crippen molar-refractivity contribution in [3.8, 4) is 6.07 Å². The van der Waals surface area contributed by atoms with Crippen LogP contribution < -0.4 is 0 Å². The van der Waals surface area contributed by atoms with Gasteiger partial charge >= 0.3 is 0 Å². The number of sulfonamides is 1. The molecule has 0 radical (unpaired) electrons. The van der Waals surface area contributed by atoms with Crippen molar-refractivity contribution in [1.82, 2.24) is 9.46 Å². The summed E-state index contributed by atoms with van der Waals surface area (Å²) in [6.45, 7) is 3.25. The fourth-order valence-electron chi connectivity index (χ4n) is 2.09. The molecule has 0 bridgehead atoms. The van der Waals surface area contributed by atoms with E-state index < -0.39 is 10.0 Å². The maximum absolute atomic E-state index is 12.6. The number of aryl methyl sites for hydroxylation is 2. The Morgan fingerprint density at radius 3 is 2.57 bits per heavy atom. The standard InChI is InChI=1S/C14H15N3O3S/c1-10-14(11(2)20-16-10)21(18,19)17(3)9-13-7-5-4-6-12(13)8-15/h4-7H,9H2,1-3H3. The number of rotatable bonds is 4. The molecule has 0 saturated carbocycles. The van der Waals surface area contributed by atoms with Crippen molar-refractivity contribution in [1.29, 1.82) is 5.26 Å². The molecule has 0 N–H and O–H groups in total. The summed E-state index contributed by atoms with van der Waals surface area (Å²) in [7, 11) is -2.24. The maximum atomic E-state index is 12.6. The molecular formula is C14H15N3O3S. The molecule has 1 heterocycles. The number of hydrogen-bond acceptors (Lipinski definition) is 5. The first-order chi connectivity index (χ1) is 9.87. The lowest BCUT2D eigenvalue weighted by Gasteiger charge is -2.17. The van der Waals surface area contributed by atoms with Crippen molar-refractivity contribution in [2.45, 2.75) is 25.3 Å². The van der Waals surface area contributed by atoms with Crippen molar-refractivity contribution in [3.63, 3.8) is 0 Å². The zero-order chi connectivity index (χ0) is 15.6. The van der Waals surface area contributed by atoms with Gasteiger partial charge in [-0.3, -0.25) is 0 Å². The monoisotopic (exact) mass is 305 g/mol. The molecule has 1 aromatic carbocycles. The lowest BCUT2D eigenvalue weighted by molar-refractivity contribution is 0.389. The number of benzene rings is 1. The molecule has 0 amide bonds. The Bertz CT molecular complexity index is 784. The molecule has 0 aliphatic rings. The molecule has 2 aromatic rings. The summed E-state index contributed by atoms with van der Waals surface area (Å²) < 4.78 is 31.3. The summed E-state index contributed by atoms with van der Waals surface area (Å²) in [4.78, 5) is 0.0828. The van der Waals surface area contributed by atoms with E-state index in [1.165, 1.54) is 11.4 Å². The van der Waals surface area contributed by atoms with E-state index in [-0.39, 0.29) is 17.2 Å². The van der Waals surface area contributed by atoms with Gasteiger partial charge in [-0.2, -0.15) is 9.57 Å². The van der Waals surface area contributed by atoms with Crippen LogP contribution in [0.1, 0.15) is 22.6 Å². The van der Waals surface area contributed by atoms with Crippen LogP contribution in [0.5, 0.6) is 0 Å². The highest BCUT2D eigenvalue weighted by Gasteiger charge is 2.28. The third-order valence-electron chi connectivity index (χ3n) is 3.17. The van der Waals surface area contributed by atoms with Gasteiger partial charge in [0, 0.05) is 13.6 Å². The van der Waals surface area contributed by atoms with Gasteiger partial charge in [0.05, 0.1) is 11.6 Å². The summed E-state index contributed by atoms with van der Waals surface area (Å²) >= 11 is 0. The SMILES string of the molecule is Cc1noc(C)c1S(=O)(=O)N(C)Cc1ccccc1C#N.